The fourth-order valence-corrected chi connectivity index (χ4v) is 3.72. The van der Waals surface area contributed by atoms with Crippen LogP contribution >= 0.6 is 0 Å². The number of nitrogens with one attached hydrogen (secondary N) is 1. The van der Waals surface area contributed by atoms with Gasteiger partial charge in [-0.1, -0.05) is 62.4 Å². The summed E-state index contributed by atoms with van der Waals surface area (Å²) < 4.78 is 0. The van der Waals surface area contributed by atoms with Gasteiger partial charge in [0.25, 0.3) is 5.91 Å². The van der Waals surface area contributed by atoms with E-state index in [4.69, 9.17) is 0 Å². The van der Waals surface area contributed by atoms with Crippen molar-refractivity contribution in [3.8, 4) is 0 Å². The molecule has 24 heavy (non-hydrogen) atoms. The summed E-state index contributed by atoms with van der Waals surface area (Å²) >= 11 is 0. The molecule has 3 rings (SSSR count). The fraction of sp³-hybridized carbons (Fsp3) is 0.333. The van der Waals surface area contributed by atoms with E-state index in [-0.39, 0.29) is 29.1 Å². The van der Waals surface area contributed by atoms with Crippen molar-refractivity contribution in [3.05, 3.63) is 71.8 Å². The molecule has 2 aromatic rings. The Hall–Kier alpha value is -2.42. The molecule has 0 unspecified atom stereocenters. The van der Waals surface area contributed by atoms with Crippen LogP contribution in [0.25, 0.3) is 0 Å². The summed E-state index contributed by atoms with van der Waals surface area (Å²) in [5, 5.41) is 3.20. The highest BCUT2D eigenvalue weighted by atomic mass is 16.2. The Bertz CT molecular complexity index is 722. The Balaban J connectivity index is 1.91. The van der Waals surface area contributed by atoms with Gasteiger partial charge in [-0.15, -0.1) is 0 Å². The first-order valence-corrected chi connectivity index (χ1v) is 8.40. The van der Waals surface area contributed by atoms with Crippen LogP contribution in [0.1, 0.15) is 48.5 Å². The lowest BCUT2D eigenvalue weighted by molar-refractivity contribution is -0.124. The van der Waals surface area contributed by atoms with Crippen molar-refractivity contribution >= 4 is 11.7 Å². The molecule has 0 radical (unpaired) electrons. The van der Waals surface area contributed by atoms with Gasteiger partial charge in [0.1, 0.15) is 5.78 Å². The lowest BCUT2D eigenvalue weighted by Crippen LogP contribution is -2.52. The number of carbonyl (C=O) groups is 2. The van der Waals surface area contributed by atoms with E-state index in [2.05, 4.69) is 19.2 Å². The number of carbonyl (C=O) groups excluding carboxylic acids is 2. The van der Waals surface area contributed by atoms with Crippen molar-refractivity contribution in [2.24, 2.45) is 5.41 Å². The Kier molecular flexibility index (Phi) is 4.52. The maximum atomic E-state index is 12.7. The third kappa shape index (κ3) is 3.40. The molecular formula is C21H23NO2. The first-order chi connectivity index (χ1) is 11.5. The molecule has 1 saturated carbocycles. The summed E-state index contributed by atoms with van der Waals surface area (Å²) in [6.07, 6.45) is 0.975. The molecule has 0 aromatic heterocycles. The lowest BCUT2D eigenvalue weighted by Gasteiger charge is -2.44. The largest absolute Gasteiger partial charge is 0.348 e. The van der Waals surface area contributed by atoms with Crippen molar-refractivity contribution in [1.29, 1.82) is 0 Å². The van der Waals surface area contributed by atoms with Gasteiger partial charge in [-0.2, -0.15) is 0 Å². The van der Waals surface area contributed by atoms with E-state index in [1.54, 1.807) is 0 Å². The predicted molar refractivity (Wildman–Crippen MR) is 94.9 cm³/mol. The molecule has 124 valence electrons. The quantitative estimate of drug-likeness (QED) is 0.930. The van der Waals surface area contributed by atoms with Crippen LogP contribution in [-0.2, 0) is 4.79 Å². The van der Waals surface area contributed by atoms with Gasteiger partial charge in [-0.3, -0.25) is 9.59 Å². The third-order valence-corrected chi connectivity index (χ3v) is 4.89. The second kappa shape index (κ2) is 6.60. The zero-order valence-electron chi connectivity index (χ0n) is 14.2. The number of rotatable bonds is 3. The van der Waals surface area contributed by atoms with Crippen molar-refractivity contribution in [1.82, 2.24) is 5.32 Å². The Labute approximate surface area is 143 Å². The lowest BCUT2D eigenvalue weighted by atomic mass is 9.65. The van der Waals surface area contributed by atoms with Gasteiger partial charge >= 0.3 is 0 Å². The van der Waals surface area contributed by atoms with Gasteiger partial charge in [0, 0.05) is 30.4 Å². The van der Waals surface area contributed by atoms with Crippen LogP contribution in [0.4, 0.5) is 0 Å². The van der Waals surface area contributed by atoms with E-state index < -0.39 is 0 Å². The third-order valence-electron chi connectivity index (χ3n) is 4.89. The zero-order valence-corrected chi connectivity index (χ0v) is 14.2. The van der Waals surface area contributed by atoms with Gasteiger partial charge in [0.15, 0.2) is 0 Å². The summed E-state index contributed by atoms with van der Waals surface area (Å²) in [6.45, 7) is 4.13. The molecule has 0 spiro atoms. The molecule has 0 saturated heterocycles. The van der Waals surface area contributed by atoms with E-state index in [1.165, 1.54) is 0 Å². The molecule has 1 aliphatic rings. The van der Waals surface area contributed by atoms with Crippen LogP contribution in [0.15, 0.2) is 60.7 Å². The second-order valence-electron chi connectivity index (χ2n) is 7.24. The molecule has 1 N–H and O–H groups in total. The topological polar surface area (TPSA) is 46.2 Å². The van der Waals surface area contributed by atoms with E-state index in [9.17, 15) is 9.59 Å². The minimum atomic E-state index is -0.277. The minimum Gasteiger partial charge on any atom is -0.348 e. The maximum Gasteiger partial charge on any atom is 0.251 e. The smallest absolute Gasteiger partial charge is 0.251 e. The highest BCUT2D eigenvalue weighted by Gasteiger charge is 2.43. The number of amides is 1. The van der Waals surface area contributed by atoms with Crippen LogP contribution in [0, 0.1) is 5.41 Å². The van der Waals surface area contributed by atoms with Gasteiger partial charge in [-0.05, 0) is 23.1 Å². The molecule has 3 heteroatoms. The first-order valence-electron chi connectivity index (χ1n) is 8.40. The molecule has 2 aromatic carbocycles. The molecule has 1 fully saturated rings. The summed E-state index contributed by atoms with van der Waals surface area (Å²) in [4.78, 5) is 24.9. The number of hydrogen-bond donors (Lipinski definition) is 1. The number of ketones is 1. The number of Topliss-reactive ketones (excluding diaryl/α,β-unsaturated/α-hetero) is 1. The molecule has 0 bridgehead atoms. The van der Waals surface area contributed by atoms with Crippen molar-refractivity contribution in [2.45, 2.75) is 38.6 Å². The monoisotopic (exact) mass is 321 g/mol. The standard InChI is InChI=1S/C21H23NO2/c1-21(2)14-17(23)13-18(15-9-5-3-6-10-15)19(21)22-20(24)16-11-7-4-8-12-16/h3-12,18-19H,13-14H2,1-2H3,(H,22,24)/t18-,19+/m1/s1. The van der Waals surface area contributed by atoms with Crippen LogP contribution < -0.4 is 5.32 Å². The average Bonchev–Trinajstić information content (AvgIpc) is 2.58. The maximum absolute atomic E-state index is 12.7. The average molecular weight is 321 g/mol. The zero-order chi connectivity index (χ0) is 17.2. The predicted octanol–water partition coefficient (Wildman–Crippen LogP) is 3.96. The molecule has 0 aliphatic heterocycles. The summed E-state index contributed by atoms with van der Waals surface area (Å²) in [5.41, 5.74) is 1.48. The highest BCUT2D eigenvalue weighted by molar-refractivity contribution is 5.94. The normalized spacial score (nSPS) is 22.8. The Morgan fingerprint density at radius 3 is 2.21 bits per heavy atom. The van der Waals surface area contributed by atoms with Gasteiger partial charge in [0.2, 0.25) is 0 Å². The molecular weight excluding hydrogens is 298 g/mol. The number of benzene rings is 2. The van der Waals surface area contributed by atoms with E-state index >= 15 is 0 Å². The van der Waals surface area contributed by atoms with Crippen molar-refractivity contribution in [2.75, 3.05) is 0 Å². The number of hydrogen-bond acceptors (Lipinski definition) is 2. The molecule has 1 amide bonds. The van der Waals surface area contributed by atoms with Gasteiger partial charge in [-0.25, -0.2) is 0 Å². The van der Waals surface area contributed by atoms with Crippen LogP contribution in [0.5, 0.6) is 0 Å². The highest BCUT2D eigenvalue weighted by Crippen LogP contribution is 2.42. The second-order valence-corrected chi connectivity index (χ2v) is 7.24. The molecule has 2 atom stereocenters. The summed E-state index contributed by atoms with van der Waals surface area (Å²) in [5.74, 6) is 0.193. The van der Waals surface area contributed by atoms with Gasteiger partial charge < -0.3 is 5.32 Å². The van der Waals surface area contributed by atoms with Crippen LogP contribution in [0.2, 0.25) is 0 Å². The Morgan fingerprint density at radius 2 is 1.58 bits per heavy atom. The Morgan fingerprint density at radius 1 is 1.00 bits per heavy atom. The summed E-state index contributed by atoms with van der Waals surface area (Å²) in [7, 11) is 0. The minimum absolute atomic E-state index is 0.00936. The molecule has 0 heterocycles. The van der Waals surface area contributed by atoms with Crippen LogP contribution in [0.3, 0.4) is 0 Å². The van der Waals surface area contributed by atoms with E-state index in [0.29, 0.717) is 18.4 Å². The molecule has 1 aliphatic carbocycles. The first kappa shape index (κ1) is 16.4. The van der Waals surface area contributed by atoms with Crippen molar-refractivity contribution < 1.29 is 9.59 Å². The fourth-order valence-electron chi connectivity index (χ4n) is 3.72. The van der Waals surface area contributed by atoms with Gasteiger partial charge in [0.05, 0.1) is 0 Å². The van der Waals surface area contributed by atoms with Crippen molar-refractivity contribution in [3.63, 3.8) is 0 Å². The molecule has 3 nitrogen and oxygen atoms in total. The summed E-state index contributed by atoms with van der Waals surface area (Å²) in [6, 6.07) is 19.2. The SMILES string of the molecule is CC1(C)CC(=O)C[C@H](c2ccccc2)[C@@H]1NC(=O)c1ccccc1. The van der Waals surface area contributed by atoms with E-state index in [0.717, 1.165) is 5.56 Å². The van der Waals surface area contributed by atoms with E-state index in [1.807, 2.05) is 60.7 Å². The van der Waals surface area contributed by atoms with Crippen LogP contribution in [-0.4, -0.2) is 17.7 Å².